The zero-order chi connectivity index (χ0) is 21.4. The molecule has 5 rings (SSSR count). The quantitative estimate of drug-likeness (QED) is 0.478. The minimum atomic E-state index is -0.175. The van der Waals surface area contributed by atoms with Crippen LogP contribution in [0.2, 0.25) is 0 Å². The number of nitrogens with one attached hydrogen (secondary N) is 2. The molecule has 0 aliphatic carbocycles. The first kappa shape index (κ1) is 19.4. The molecular formula is C24H23N5O2. The molecule has 2 aromatic carbocycles. The van der Waals surface area contributed by atoms with Crippen molar-refractivity contribution in [3.63, 3.8) is 0 Å². The van der Waals surface area contributed by atoms with Crippen molar-refractivity contribution >= 4 is 22.5 Å². The third-order valence-corrected chi connectivity index (χ3v) is 5.84. The highest BCUT2D eigenvalue weighted by molar-refractivity contribution is 6.04. The highest BCUT2D eigenvalue weighted by Gasteiger charge is 2.14. The molecule has 0 saturated carbocycles. The molecule has 0 saturated heterocycles. The average molecular weight is 413 g/mol. The molecule has 7 heteroatoms. The summed E-state index contributed by atoms with van der Waals surface area (Å²) in [7, 11) is 1.81. The van der Waals surface area contributed by atoms with Crippen LogP contribution in [0.1, 0.15) is 27.2 Å². The van der Waals surface area contributed by atoms with Gasteiger partial charge in [0.2, 0.25) is 0 Å². The van der Waals surface area contributed by atoms with Crippen molar-refractivity contribution in [3.8, 4) is 11.1 Å². The van der Waals surface area contributed by atoms with E-state index in [1.165, 1.54) is 11.1 Å². The van der Waals surface area contributed by atoms with Crippen LogP contribution in [0.3, 0.4) is 0 Å². The Morgan fingerprint density at radius 2 is 2.03 bits per heavy atom. The second kappa shape index (κ2) is 7.94. The fourth-order valence-corrected chi connectivity index (χ4v) is 4.08. The predicted molar refractivity (Wildman–Crippen MR) is 120 cm³/mol. The Morgan fingerprint density at radius 3 is 2.90 bits per heavy atom. The van der Waals surface area contributed by atoms with E-state index in [2.05, 4.69) is 20.7 Å². The maximum atomic E-state index is 12.8. The number of fused-ring (bicyclic) bond motifs is 2. The second-order valence-corrected chi connectivity index (χ2v) is 7.78. The Balaban J connectivity index is 1.43. The number of anilines is 1. The first-order valence-electron chi connectivity index (χ1n) is 10.3. The van der Waals surface area contributed by atoms with Gasteiger partial charge in [-0.3, -0.25) is 9.48 Å². The van der Waals surface area contributed by atoms with Gasteiger partial charge >= 0.3 is 0 Å². The molecule has 0 spiro atoms. The van der Waals surface area contributed by atoms with Crippen molar-refractivity contribution in [1.82, 2.24) is 20.1 Å². The number of aliphatic hydroxyl groups is 1. The normalized spacial score (nSPS) is 13.2. The third kappa shape index (κ3) is 3.69. The van der Waals surface area contributed by atoms with Crippen molar-refractivity contribution in [3.05, 3.63) is 77.2 Å². The number of rotatable bonds is 4. The van der Waals surface area contributed by atoms with E-state index in [1.807, 2.05) is 49.5 Å². The molecule has 0 atom stereocenters. The Hall–Kier alpha value is -3.55. The molecule has 31 heavy (non-hydrogen) atoms. The molecule has 7 nitrogen and oxygen atoms in total. The van der Waals surface area contributed by atoms with E-state index in [0.29, 0.717) is 11.4 Å². The number of carbonyl (C=O) groups excluding carboxylic acids is 1. The SMILES string of the molecule is Cn1ncc(-c2ccc3cnc(NC(=O)c4ccc5c(c4)CNCC5)cc3c2)c1CO. The predicted octanol–water partition coefficient (Wildman–Crippen LogP) is 3.03. The molecule has 3 N–H and O–H groups in total. The maximum Gasteiger partial charge on any atom is 0.256 e. The van der Waals surface area contributed by atoms with Gasteiger partial charge in [-0.2, -0.15) is 5.10 Å². The van der Waals surface area contributed by atoms with E-state index >= 15 is 0 Å². The van der Waals surface area contributed by atoms with Gasteiger partial charge in [0.15, 0.2) is 0 Å². The molecule has 1 amide bonds. The number of aryl methyl sites for hydroxylation is 1. The van der Waals surface area contributed by atoms with E-state index in [0.717, 1.165) is 47.1 Å². The van der Waals surface area contributed by atoms with Gasteiger partial charge < -0.3 is 15.7 Å². The molecular weight excluding hydrogens is 390 g/mol. The number of hydrogen-bond donors (Lipinski definition) is 3. The van der Waals surface area contributed by atoms with Gasteiger partial charge in [-0.05, 0) is 59.3 Å². The van der Waals surface area contributed by atoms with Crippen LogP contribution in [0.25, 0.3) is 21.9 Å². The van der Waals surface area contributed by atoms with Crippen LogP contribution in [0.4, 0.5) is 5.82 Å². The minimum absolute atomic E-state index is 0.0855. The Kier molecular flexibility index (Phi) is 4.97. The van der Waals surface area contributed by atoms with Gasteiger partial charge in [-0.1, -0.05) is 18.2 Å². The lowest BCUT2D eigenvalue weighted by atomic mass is 9.98. The molecule has 0 bridgehead atoms. The first-order chi connectivity index (χ1) is 15.1. The van der Waals surface area contributed by atoms with E-state index < -0.39 is 0 Å². The van der Waals surface area contributed by atoms with Crippen molar-refractivity contribution in [2.24, 2.45) is 7.05 Å². The van der Waals surface area contributed by atoms with Crippen LogP contribution < -0.4 is 10.6 Å². The molecule has 2 aromatic heterocycles. The Bertz CT molecular complexity index is 1290. The number of amides is 1. The largest absolute Gasteiger partial charge is 0.390 e. The van der Waals surface area contributed by atoms with Crippen LogP contribution >= 0.6 is 0 Å². The van der Waals surface area contributed by atoms with Gasteiger partial charge in [0.05, 0.1) is 18.5 Å². The van der Waals surface area contributed by atoms with E-state index in [-0.39, 0.29) is 12.5 Å². The van der Waals surface area contributed by atoms with Crippen molar-refractivity contribution in [2.75, 3.05) is 11.9 Å². The van der Waals surface area contributed by atoms with E-state index in [4.69, 9.17) is 0 Å². The number of benzene rings is 2. The Labute approximate surface area is 179 Å². The van der Waals surface area contributed by atoms with Gasteiger partial charge in [-0.15, -0.1) is 0 Å². The number of pyridine rings is 1. The summed E-state index contributed by atoms with van der Waals surface area (Å²) in [5, 5.41) is 22.1. The van der Waals surface area contributed by atoms with Gasteiger partial charge in [-0.25, -0.2) is 4.98 Å². The summed E-state index contributed by atoms with van der Waals surface area (Å²) in [6, 6.07) is 13.7. The molecule has 156 valence electrons. The molecule has 0 radical (unpaired) electrons. The Morgan fingerprint density at radius 1 is 1.13 bits per heavy atom. The first-order valence-corrected chi connectivity index (χ1v) is 10.3. The lowest BCUT2D eigenvalue weighted by molar-refractivity contribution is 0.102. The van der Waals surface area contributed by atoms with Crippen LogP contribution in [0, 0.1) is 0 Å². The van der Waals surface area contributed by atoms with Crippen LogP contribution in [-0.4, -0.2) is 32.3 Å². The molecule has 1 aliphatic rings. The van der Waals surface area contributed by atoms with Crippen molar-refractivity contribution in [1.29, 1.82) is 0 Å². The summed E-state index contributed by atoms with van der Waals surface area (Å²) >= 11 is 0. The zero-order valence-electron chi connectivity index (χ0n) is 17.2. The van der Waals surface area contributed by atoms with Crippen LogP contribution in [0.5, 0.6) is 0 Å². The van der Waals surface area contributed by atoms with Crippen LogP contribution in [0.15, 0.2) is 54.9 Å². The lowest BCUT2D eigenvalue weighted by Gasteiger charge is -2.17. The third-order valence-electron chi connectivity index (χ3n) is 5.84. The zero-order valence-corrected chi connectivity index (χ0v) is 17.2. The topological polar surface area (TPSA) is 92.1 Å². The van der Waals surface area contributed by atoms with Crippen LogP contribution in [-0.2, 0) is 26.6 Å². The average Bonchev–Trinajstić information content (AvgIpc) is 3.18. The summed E-state index contributed by atoms with van der Waals surface area (Å²) in [5.41, 5.74) is 5.69. The number of aliphatic hydroxyl groups excluding tert-OH is 1. The number of hydrogen-bond acceptors (Lipinski definition) is 5. The van der Waals surface area contributed by atoms with Gasteiger partial charge in [0, 0.05) is 36.3 Å². The van der Waals surface area contributed by atoms with Crippen molar-refractivity contribution in [2.45, 2.75) is 19.6 Å². The fraction of sp³-hybridized carbons (Fsp3) is 0.208. The summed E-state index contributed by atoms with van der Waals surface area (Å²) in [4.78, 5) is 17.2. The molecule has 4 aromatic rings. The second-order valence-electron chi connectivity index (χ2n) is 7.78. The van der Waals surface area contributed by atoms with E-state index in [1.54, 1.807) is 17.1 Å². The number of carbonyl (C=O) groups is 1. The minimum Gasteiger partial charge on any atom is -0.390 e. The molecule has 0 unspecified atom stereocenters. The summed E-state index contributed by atoms with van der Waals surface area (Å²) < 4.78 is 1.67. The smallest absolute Gasteiger partial charge is 0.256 e. The number of nitrogens with zero attached hydrogens (tertiary/aromatic N) is 3. The van der Waals surface area contributed by atoms with Gasteiger partial charge in [0.1, 0.15) is 5.82 Å². The summed E-state index contributed by atoms with van der Waals surface area (Å²) in [6.45, 7) is 1.68. The standard InChI is InChI=1S/C24H23N5O2/c1-29-22(14-30)21(13-27-29)16-3-5-18-12-26-23(10-19(18)8-16)28-24(31)17-4-2-15-6-7-25-11-20(15)9-17/h2-5,8-10,12-13,25,30H,6-7,11,14H2,1H3,(H,26,28,31). The summed E-state index contributed by atoms with van der Waals surface area (Å²) in [6.07, 6.45) is 4.49. The monoisotopic (exact) mass is 413 g/mol. The molecule has 3 heterocycles. The van der Waals surface area contributed by atoms with Crippen molar-refractivity contribution < 1.29 is 9.90 Å². The highest BCUT2D eigenvalue weighted by atomic mass is 16.3. The fourth-order valence-electron chi connectivity index (χ4n) is 4.08. The molecule has 0 fully saturated rings. The molecule has 1 aliphatic heterocycles. The van der Waals surface area contributed by atoms with E-state index in [9.17, 15) is 9.90 Å². The summed E-state index contributed by atoms with van der Waals surface area (Å²) in [5.74, 6) is 0.324. The van der Waals surface area contributed by atoms with Gasteiger partial charge in [0.25, 0.3) is 5.91 Å². The highest BCUT2D eigenvalue weighted by Crippen LogP contribution is 2.28. The number of aromatic nitrogens is 3. The lowest BCUT2D eigenvalue weighted by Crippen LogP contribution is -2.24. The maximum absolute atomic E-state index is 12.8.